The summed E-state index contributed by atoms with van der Waals surface area (Å²) in [5.41, 5.74) is 0.996. The lowest BCUT2D eigenvalue weighted by Crippen LogP contribution is -2.18. The van der Waals surface area contributed by atoms with E-state index in [2.05, 4.69) is 0 Å². The smallest absolute Gasteiger partial charge is 0.311 e. The van der Waals surface area contributed by atoms with E-state index >= 15 is 0 Å². The van der Waals surface area contributed by atoms with Gasteiger partial charge in [0.1, 0.15) is 5.82 Å². The molecule has 0 heterocycles. The first-order chi connectivity index (χ1) is 6.95. The molecule has 0 aliphatic carbocycles. The average Bonchev–Trinajstić information content (AvgIpc) is 2.11. The van der Waals surface area contributed by atoms with Crippen molar-refractivity contribution >= 4 is 5.97 Å². The lowest BCUT2D eigenvalue weighted by molar-refractivity contribution is -0.139. The number of benzene rings is 1. The zero-order chi connectivity index (χ0) is 11.6. The van der Waals surface area contributed by atoms with E-state index in [1.807, 2.05) is 13.8 Å². The van der Waals surface area contributed by atoms with Gasteiger partial charge in [0.25, 0.3) is 0 Å². The molecule has 0 saturated carbocycles. The van der Waals surface area contributed by atoms with Crippen LogP contribution in [0.15, 0.2) is 18.2 Å². The molecule has 0 radical (unpaired) electrons. The molecule has 0 spiro atoms. The highest BCUT2D eigenvalue weighted by Gasteiger charge is 2.25. The first kappa shape index (κ1) is 11.7. The summed E-state index contributed by atoms with van der Waals surface area (Å²) in [4.78, 5) is 11.1. The molecule has 1 N–H and O–H groups in total. The summed E-state index contributed by atoms with van der Waals surface area (Å²) in [5, 5.41) is 9.09. The fourth-order valence-electron chi connectivity index (χ4n) is 1.74. The van der Waals surface area contributed by atoms with Gasteiger partial charge in [-0.15, -0.1) is 0 Å². The third kappa shape index (κ3) is 2.35. The van der Waals surface area contributed by atoms with Crippen LogP contribution in [0.4, 0.5) is 4.39 Å². The molecule has 0 bridgehead atoms. The van der Waals surface area contributed by atoms with Gasteiger partial charge in [0.2, 0.25) is 0 Å². The summed E-state index contributed by atoms with van der Waals surface area (Å²) in [5.74, 6) is -1.94. The molecule has 1 atom stereocenters. The van der Waals surface area contributed by atoms with E-state index in [4.69, 9.17) is 5.11 Å². The highest BCUT2D eigenvalue weighted by Crippen LogP contribution is 2.28. The lowest BCUT2D eigenvalue weighted by atomic mass is 9.86. The Kier molecular flexibility index (Phi) is 3.45. The van der Waals surface area contributed by atoms with Crippen LogP contribution in [0.2, 0.25) is 0 Å². The van der Waals surface area contributed by atoms with Gasteiger partial charge in [-0.05, 0) is 30.0 Å². The van der Waals surface area contributed by atoms with Crippen molar-refractivity contribution < 1.29 is 14.3 Å². The van der Waals surface area contributed by atoms with Crippen molar-refractivity contribution in [3.05, 3.63) is 35.1 Å². The molecule has 0 aliphatic heterocycles. The van der Waals surface area contributed by atoms with Crippen LogP contribution < -0.4 is 0 Å². The molecule has 0 aromatic heterocycles. The van der Waals surface area contributed by atoms with E-state index in [1.165, 1.54) is 6.07 Å². The highest BCUT2D eigenvalue weighted by atomic mass is 19.1. The predicted octanol–water partition coefficient (Wildman–Crippen LogP) is 2.96. The van der Waals surface area contributed by atoms with Crippen LogP contribution >= 0.6 is 0 Å². The van der Waals surface area contributed by atoms with Crippen LogP contribution in [0.5, 0.6) is 0 Å². The zero-order valence-electron chi connectivity index (χ0n) is 9.12. The van der Waals surface area contributed by atoms with E-state index in [0.717, 1.165) is 0 Å². The van der Waals surface area contributed by atoms with E-state index in [0.29, 0.717) is 11.1 Å². The van der Waals surface area contributed by atoms with Gasteiger partial charge in [-0.3, -0.25) is 4.79 Å². The van der Waals surface area contributed by atoms with Gasteiger partial charge in [0.05, 0.1) is 5.92 Å². The number of hydrogen-bond acceptors (Lipinski definition) is 1. The van der Waals surface area contributed by atoms with E-state index < -0.39 is 11.9 Å². The van der Waals surface area contributed by atoms with Gasteiger partial charge in [-0.2, -0.15) is 0 Å². The second-order valence-electron chi connectivity index (χ2n) is 4.01. The molecule has 0 amide bonds. The molecular weight excluding hydrogens is 195 g/mol. The predicted molar refractivity (Wildman–Crippen MR) is 56.4 cm³/mol. The molecule has 82 valence electrons. The second-order valence-corrected chi connectivity index (χ2v) is 4.01. The number of carbonyl (C=O) groups is 1. The van der Waals surface area contributed by atoms with Crippen molar-refractivity contribution in [2.75, 3.05) is 0 Å². The Morgan fingerprint density at radius 1 is 1.40 bits per heavy atom. The summed E-state index contributed by atoms with van der Waals surface area (Å²) < 4.78 is 13.3. The SMILES string of the molecule is Cc1c(F)cccc1C(C(=O)O)C(C)C. The molecule has 3 heteroatoms. The topological polar surface area (TPSA) is 37.3 Å². The number of hydrogen-bond donors (Lipinski definition) is 1. The lowest BCUT2D eigenvalue weighted by Gasteiger charge is -2.18. The number of aliphatic carboxylic acids is 1. The van der Waals surface area contributed by atoms with E-state index in [-0.39, 0.29) is 11.7 Å². The molecule has 1 aromatic rings. The molecule has 1 rings (SSSR count). The third-order valence-corrected chi connectivity index (χ3v) is 2.58. The molecule has 15 heavy (non-hydrogen) atoms. The zero-order valence-corrected chi connectivity index (χ0v) is 9.12. The Balaban J connectivity index is 3.23. The van der Waals surface area contributed by atoms with Crippen molar-refractivity contribution in [3.8, 4) is 0 Å². The van der Waals surface area contributed by atoms with Gasteiger partial charge < -0.3 is 5.11 Å². The largest absolute Gasteiger partial charge is 0.481 e. The van der Waals surface area contributed by atoms with E-state index in [1.54, 1.807) is 19.1 Å². The maximum absolute atomic E-state index is 13.3. The number of carboxylic acid groups (broad SMARTS) is 1. The van der Waals surface area contributed by atoms with Crippen molar-refractivity contribution in [3.63, 3.8) is 0 Å². The maximum Gasteiger partial charge on any atom is 0.311 e. The van der Waals surface area contributed by atoms with Crippen molar-refractivity contribution in [1.82, 2.24) is 0 Å². The number of rotatable bonds is 3. The van der Waals surface area contributed by atoms with Gasteiger partial charge in [0.15, 0.2) is 0 Å². The number of carboxylic acids is 1. The summed E-state index contributed by atoms with van der Waals surface area (Å²) in [7, 11) is 0. The molecule has 0 saturated heterocycles. The maximum atomic E-state index is 13.3. The Hall–Kier alpha value is -1.38. The third-order valence-electron chi connectivity index (χ3n) is 2.58. The Bertz CT molecular complexity index is 372. The summed E-state index contributed by atoms with van der Waals surface area (Å²) in [6.45, 7) is 5.26. The van der Waals surface area contributed by atoms with Gasteiger partial charge in [-0.25, -0.2) is 4.39 Å². The normalized spacial score (nSPS) is 12.9. The second kappa shape index (κ2) is 4.43. The van der Waals surface area contributed by atoms with Crippen LogP contribution in [0, 0.1) is 18.7 Å². The fourth-order valence-corrected chi connectivity index (χ4v) is 1.74. The monoisotopic (exact) mass is 210 g/mol. The fraction of sp³-hybridized carbons (Fsp3) is 0.417. The summed E-state index contributed by atoms with van der Waals surface area (Å²) >= 11 is 0. The molecule has 0 aliphatic rings. The summed E-state index contributed by atoms with van der Waals surface area (Å²) in [6.07, 6.45) is 0. The molecule has 2 nitrogen and oxygen atoms in total. The minimum atomic E-state index is -0.904. The average molecular weight is 210 g/mol. The standard InChI is InChI=1S/C12H15FO2/c1-7(2)11(12(14)15)9-5-4-6-10(13)8(9)3/h4-7,11H,1-3H3,(H,14,15). The quantitative estimate of drug-likeness (QED) is 0.832. The van der Waals surface area contributed by atoms with Crippen molar-refractivity contribution in [1.29, 1.82) is 0 Å². The van der Waals surface area contributed by atoms with E-state index in [9.17, 15) is 9.18 Å². The Labute approximate surface area is 88.7 Å². The Morgan fingerprint density at radius 3 is 2.47 bits per heavy atom. The summed E-state index contributed by atoms with van der Waals surface area (Å²) in [6, 6.07) is 4.57. The van der Waals surface area contributed by atoms with Crippen LogP contribution in [0.1, 0.15) is 30.9 Å². The minimum absolute atomic E-state index is 0.0528. The molecule has 0 fully saturated rings. The molecule has 1 unspecified atom stereocenters. The van der Waals surface area contributed by atoms with Crippen molar-refractivity contribution in [2.24, 2.45) is 5.92 Å². The molecular formula is C12H15FO2. The first-order valence-electron chi connectivity index (χ1n) is 4.93. The first-order valence-corrected chi connectivity index (χ1v) is 4.93. The van der Waals surface area contributed by atoms with Crippen LogP contribution in [0.25, 0.3) is 0 Å². The van der Waals surface area contributed by atoms with Crippen LogP contribution in [-0.4, -0.2) is 11.1 Å². The van der Waals surface area contributed by atoms with Crippen LogP contribution in [0.3, 0.4) is 0 Å². The minimum Gasteiger partial charge on any atom is -0.481 e. The van der Waals surface area contributed by atoms with Gasteiger partial charge in [-0.1, -0.05) is 26.0 Å². The number of halogens is 1. The van der Waals surface area contributed by atoms with Crippen LogP contribution in [-0.2, 0) is 4.79 Å². The molecule has 1 aromatic carbocycles. The Morgan fingerprint density at radius 2 is 2.00 bits per heavy atom. The van der Waals surface area contributed by atoms with Gasteiger partial charge >= 0.3 is 5.97 Å². The van der Waals surface area contributed by atoms with Gasteiger partial charge in [0, 0.05) is 0 Å². The van der Waals surface area contributed by atoms with Crippen molar-refractivity contribution in [2.45, 2.75) is 26.7 Å². The highest BCUT2D eigenvalue weighted by molar-refractivity contribution is 5.77.